The van der Waals surface area contributed by atoms with Crippen molar-refractivity contribution < 1.29 is 0 Å². The highest BCUT2D eigenvalue weighted by Gasteiger charge is 1.93. The monoisotopic (exact) mass is 182 g/mol. The van der Waals surface area contributed by atoms with Crippen LogP contribution in [0.2, 0.25) is 0 Å². The second-order valence-electron chi connectivity index (χ2n) is 2.07. The van der Waals surface area contributed by atoms with E-state index < -0.39 is 0 Å². The zero-order valence-electron chi connectivity index (χ0n) is 7.16. The number of allylic oxidation sites excluding steroid dienone is 4. The summed E-state index contributed by atoms with van der Waals surface area (Å²) in [5, 5.41) is 6.93. The van der Waals surface area contributed by atoms with Crippen molar-refractivity contribution in [3.8, 4) is 0 Å². The number of hydrogen-bond acceptors (Lipinski definition) is 3. The van der Waals surface area contributed by atoms with E-state index in [1.54, 1.807) is 11.5 Å². The molecule has 0 aromatic heterocycles. The highest BCUT2D eigenvalue weighted by atomic mass is 32.2. The van der Waals surface area contributed by atoms with Gasteiger partial charge in [-0.15, -0.1) is 0 Å². The van der Waals surface area contributed by atoms with Crippen LogP contribution in [0.3, 0.4) is 0 Å². The SMILES string of the molecule is C=C/C=C(\C=C/C)C(/N)=C/SN. The summed E-state index contributed by atoms with van der Waals surface area (Å²) in [6.45, 7) is 5.52. The van der Waals surface area contributed by atoms with Gasteiger partial charge in [0.15, 0.2) is 0 Å². The van der Waals surface area contributed by atoms with Gasteiger partial charge in [0.1, 0.15) is 0 Å². The van der Waals surface area contributed by atoms with Gasteiger partial charge in [0.25, 0.3) is 0 Å². The van der Waals surface area contributed by atoms with E-state index in [2.05, 4.69) is 6.58 Å². The van der Waals surface area contributed by atoms with Gasteiger partial charge in [-0.2, -0.15) is 0 Å². The van der Waals surface area contributed by atoms with Crippen molar-refractivity contribution in [3.63, 3.8) is 0 Å². The van der Waals surface area contributed by atoms with Crippen molar-refractivity contribution in [1.29, 1.82) is 0 Å². The smallest absolute Gasteiger partial charge is 0.0464 e. The fourth-order valence-electron chi connectivity index (χ4n) is 0.696. The van der Waals surface area contributed by atoms with E-state index in [4.69, 9.17) is 10.9 Å². The average Bonchev–Trinajstić information content (AvgIpc) is 2.04. The summed E-state index contributed by atoms with van der Waals surface area (Å²) in [6.07, 6.45) is 7.35. The van der Waals surface area contributed by atoms with Crippen LogP contribution in [0.25, 0.3) is 0 Å². The van der Waals surface area contributed by atoms with Gasteiger partial charge in [-0.05, 0) is 12.5 Å². The van der Waals surface area contributed by atoms with Crippen LogP contribution in [-0.4, -0.2) is 0 Å². The molecule has 0 aliphatic heterocycles. The molecule has 0 saturated heterocycles. The molecular formula is C9H14N2S. The molecule has 0 aromatic carbocycles. The summed E-state index contributed by atoms with van der Waals surface area (Å²) in [6, 6.07) is 0. The van der Waals surface area contributed by atoms with E-state index in [-0.39, 0.29) is 0 Å². The van der Waals surface area contributed by atoms with Crippen LogP contribution in [0.5, 0.6) is 0 Å². The maximum absolute atomic E-state index is 5.69. The normalized spacial score (nSPS) is 13.8. The topological polar surface area (TPSA) is 52.0 Å². The summed E-state index contributed by atoms with van der Waals surface area (Å²) in [5.41, 5.74) is 7.27. The molecule has 0 heterocycles. The summed E-state index contributed by atoms with van der Waals surface area (Å²) in [7, 11) is 0. The highest BCUT2D eigenvalue weighted by molar-refractivity contribution is 8.00. The van der Waals surface area contributed by atoms with Gasteiger partial charge < -0.3 is 5.73 Å². The molecule has 3 heteroatoms. The van der Waals surface area contributed by atoms with Gasteiger partial charge in [0.05, 0.1) is 0 Å². The van der Waals surface area contributed by atoms with Crippen molar-refractivity contribution in [2.24, 2.45) is 10.9 Å². The first-order chi connectivity index (χ1) is 5.76. The predicted octanol–water partition coefficient (Wildman–Crippen LogP) is 2.08. The van der Waals surface area contributed by atoms with E-state index in [1.165, 1.54) is 0 Å². The Bertz CT molecular complexity index is 227. The van der Waals surface area contributed by atoms with E-state index in [9.17, 15) is 0 Å². The van der Waals surface area contributed by atoms with Crippen molar-refractivity contribution in [1.82, 2.24) is 0 Å². The molecule has 0 aliphatic carbocycles. The van der Waals surface area contributed by atoms with E-state index in [1.807, 2.05) is 25.2 Å². The molecule has 0 saturated carbocycles. The van der Waals surface area contributed by atoms with Crippen LogP contribution in [0, 0.1) is 0 Å². The Kier molecular flexibility index (Phi) is 6.24. The summed E-state index contributed by atoms with van der Waals surface area (Å²) in [5.74, 6) is 0. The third-order valence-electron chi connectivity index (χ3n) is 1.17. The van der Waals surface area contributed by atoms with Crippen LogP contribution < -0.4 is 10.9 Å². The first-order valence-electron chi connectivity index (χ1n) is 3.53. The molecule has 0 radical (unpaired) electrons. The third-order valence-corrected chi connectivity index (χ3v) is 1.56. The molecule has 4 N–H and O–H groups in total. The van der Waals surface area contributed by atoms with Crippen molar-refractivity contribution >= 4 is 11.9 Å². The maximum atomic E-state index is 5.69. The minimum absolute atomic E-state index is 0.653. The maximum Gasteiger partial charge on any atom is 0.0464 e. The Morgan fingerprint density at radius 1 is 1.50 bits per heavy atom. The van der Waals surface area contributed by atoms with E-state index in [0.717, 1.165) is 17.5 Å². The molecule has 66 valence electrons. The summed E-state index contributed by atoms with van der Waals surface area (Å²) in [4.78, 5) is 0. The van der Waals surface area contributed by atoms with Gasteiger partial charge in [0.2, 0.25) is 0 Å². The Morgan fingerprint density at radius 3 is 2.58 bits per heavy atom. The van der Waals surface area contributed by atoms with Crippen molar-refractivity contribution in [2.45, 2.75) is 6.92 Å². The molecular weight excluding hydrogens is 168 g/mol. The first-order valence-corrected chi connectivity index (χ1v) is 4.47. The fourth-order valence-corrected chi connectivity index (χ4v) is 0.979. The van der Waals surface area contributed by atoms with E-state index >= 15 is 0 Å². The number of rotatable bonds is 4. The molecule has 0 rings (SSSR count). The van der Waals surface area contributed by atoms with Crippen LogP contribution in [0.1, 0.15) is 6.92 Å². The Hall–Kier alpha value is -0.930. The lowest BCUT2D eigenvalue weighted by Gasteiger charge is -1.99. The van der Waals surface area contributed by atoms with Crippen LogP contribution in [-0.2, 0) is 0 Å². The molecule has 0 unspecified atom stereocenters. The second kappa shape index (κ2) is 6.76. The van der Waals surface area contributed by atoms with E-state index in [0.29, 0.717) is 5.70 Å². The third kappa shape index (κ3) is 4.05. The number of nitrogens with two attached hydrogens (primary N) is 2. The lowest BCUT2D eigenvalue weighted by Crippen LogP contribution is -1.98. The molecule has 12 heavy (non-hydrogen) atoms. The minimum Gasteiger partial charge on any atom is -0.398 e. The van der Waals surface area contributed by atoms with Crippen molar-refractivity contribution in [3.05, 3.63) is 47.6 Å². The number of hydrogen-bond donors (Lipinski definition) is 2. The molecule has 0 spiro atoms. The van der Waals surface area contributed by atoms with Gasteiger partial charge in [-0.1, -0.05) is 42.8 Å². The molecule has 2 nitrogen and oxygen atoms in total. The Labute approximate surface area is 77.8 Å². The lowest BCUT2D eigenvalue weighted by atomic mass is 10.2. The molecule has 0 fully saturated rings. The molecule has 0 atom stereocenters. The fraction of sp³-hybridized carbons (Fsp3) is 0.111. The first kappa shape index (κ1) is 11.1. The lowest BCUT2D eigenvalue weighted by molar-refractivity contribution is 1.36. The van der Waals surface area contributed by atoms with Crippen LogP contribution in [0.4, 0.5) is 0 Å². The van der Waals surface area contributed by atoms with Gasteiger partial charge in [-0.3, -0.25) is 5.14 Å². The Balaban J connectivity index is 4.62. The van der Waals surface area contributed by atoms with Crippen LogP contribution in [0.15, 0.2) is 47.6 Å². The zero-order chi connectivity index (χ0) is 9.40. The largest absolute Gasteiger partial charge is 0.398 e. The minimum atomic E-state index is 0.653. The summed E-state index contributed by atoms with van der Waals surface area (Å²) < 4.78 is 0. The van der Waals surface area contributed by atoms with Gasteiger partial charge >= 0.3 is 0 Å². The molecule has 0 amide bonds. The molecule has 0 aromatic rings. The second-order valence-corrected chi connectivity index (χ2v) is 2.57. The molecule has 0 aliphatic rings. The summed E-state index contributed by atoms with van der Waals surface area (Å²) >= 11 is 1.09. The molecule has 0 bridgehead atoms. The van der Waals surface area contributed by atoms with Gasteiger partial charge in [0, 0.05) is 11.1 Å². The van der Waals surface area contributed by atoms with Crippen molar-refractivity contribution in [2.75, 3.05) is 0 Å². The quantitative estimate of drug-likeness (QED) is 0.517. The average molecular weight is 182 g/mol. The predicted molar refractivity (Wildman–Crippen MR) is 57.1 cm³/mol. The zero-order valence-corrected chi connectivity index (χ0v) is 7.97. The Morgan fingerprint density at radius 2 is 2.17 bits per heavy atom. The highest BCUT2D eigenvalue weighted by Crippen LogP contribution is 2.08. The van der Waals surface area contributed by atoms with Gasteiger partial charge in [-0.25, -0.2) is 0 Å². The standard InChI is InChI=1S/C9H14N2S/c1-3-5-8(6-4-2)9(10)7-12-11/h3-7H,1,10-11H2,2H3/b6-4-,8-5+,9-7-. The van der Waals surface area contributed by atoms with Crippen LogP contribution >= 0.6 is 11.9 Å².